The number of nitrogens with zero attached hydrogens (tertiary/aromatic N) is 3. The van der Waals surface area contributed by atoms with Gasteiger partial charge in [-0.25, -0.2) is 0 Å². The average molecular weight is 318 g/mol. The number of ether oxygens (including phenoxy) is 1. The zero-order valence-electron chi connectivity index (χ0n) is 13.9. The first-order valence-electron chi connectivity index (χ1n) is 8.41. The van der Waals surface area contributed by atoms with Crippen LogP contribution in [0.15, 0.2) is 24.5 Å². The molecule has 126 valence electrons. The van der Waals surface area contributed by atoms with E-state index in [9.17, 15) is 4.79 Å². The van der Waals surface area contributed by atoms with Gasteiger partial charge in [-0.1, -0.05) is 6.07 Å². The molecule has 0 saturated carbocycles. The lowest BCUT2D eigenvalue weighted by Crippen LogP contribution is -2.54. The van der Waals surface area contributed by atoms with E-state index < -0.39 is 0 Å². The molecule has 2 saturated heterocycles. The van der Waals surface area contributed by atoms with Crippen molar-refractivity contribution in [2.75, 3.05) is 39.3 Å². The summed E-state index contributed by atoms with van der Waals surface area (Å²) >= 11 is 0. The highest BCUT2D eigenvalue weighted by molar-refractivity contribution is 5.78. The summed E-state index contributed by atoms with van der Waals surface area (Å²) in [6, 6.07) is 4.24. The minimum Gasteiger partial charge on any atom is -0.372 e. The number of morpholine rings is 1. The molecule has 0 bridgehead atoms. The molecular formula is C17H26N4O2. The van der Waals surface area contributed by atoms with Gasteiger partial charge in [-0.2, -0.15) is 0 Å². The number of amides is 1. The van der Waals surface area contributed by atoms with Gasteiger partial charge in [0.15, 0.2) is 0 Å². The number of pyridine rings is 1. The second-order valence-corrected chi connectivity index (χ2v) is 6.53. The van der Waals surface area contributed by atoms with Crippen LogP contribution in [0.2, 0.25) is 0 Å². The normalized spacial score (nSPS) is 29.5. The topological polar surface area (TPSA) is 57.7 Å². The summed E-state index contributed by atoms with van der Waals surface area (Å²) in [7, 11) is 0. The molecule has 23 heavy (non-hydrogen) atoms. The van der Waals surface area contributed by atoms with Crippen molar-refractivity contribution < 1.29 is 9.53 Å². The van der Waals surface area contributed by atoms with Crippen LogP contribution in [0.5, 0.6) is 0 Å². The Morgan fingerprint density at radius 2 is 2.17 bits per heavy atom. The molecule has 2 aliphatic rings. The standard InChI is InChI=1S/C17H26N4O2/c1-13-10-21(11-14(2)23-13)17(22)12-20-7-6-19-9-16(20)15-4-3-5-18-8-15/h3-5,8,13-14,16,19H,6-7,9-12H2,1-2H3. The first kappa shape index (κ1) is 16.4. The molecule has 1 N–H and O–H groups in total. The fourth-order valence-electron chi connectivity index (χ4n) is 3.49. The highest BCUT2D eigenvalue weighted by atomic mass is 16.5. The van der Waals surface area contributed by atoms with Crippen molar-refractivity contribution in [1.82, 2.24) is 20.1 Å². The average Bonchev–Trinajstić information content (AvgIpc) is 2.55. The van der Waals surface area contributed by atoms with E-state index in [1.807, 2.05) is 31.0 Å². The van der Waals surface area contributed by atoms with Crippen molar-refractivity contribution in [1.29, 1.82) is 0 Å². The van der Waals surface area contributed by atoms with Crippen molar-refractivity contribution in [3.05, 3.63) is 30.1 Å². The van der Waals surface area contributed by atoms with Crippen LogP contribution >= 0.6 is 0 Å². The Morgan fingerprint density at radius 1 is 1.39 bits per heavy atom. The summed E-state index contributed by atoms with van der Waals surface area (Å²) in [6.45, 7) is 8.54. The van der Waals surface area contributed by atoms with Gasteiger partial charge >= 0.3 is 0 Å². The Kier molecular flexibility index (Phi) is 5.25. The zero-order chi connectivity index (χ0) is 16.2. The second-order valence-electron chi connectivity index (χ2n) is 6.53. The van der Waals surface area contributed by atoms with Crippen LogP contribution in [-0.2, 0) is 9.53 Å². The molecule has 1 aromatic rings. The van der Waals surface area contributed by atoms with Crippen LogP contribution in [0.3, 0.4) is 0 Å². The Bertz CT molecular complexity index is 515. The van der Waals surface area contributed by atoms with Crippen LogP contribution in [0, 0.1) is 0 Å². The quantitative estimate of drug-likeness (QED) is 0.887. The van der Waals surface area contributed by atoms with E-state index in [-0.39, 0.29) is 24.2 Å². The van der Waals surface area contributed by atoms with Crippen molar-refractivity contribution >= 4 is 5.91 Å². The number of carbonyl (C=O) groups is 1. The van der Waals surface area contributed by atoms with E-state index in [0.717, 1.165) is 25.2 Å². The van der Waals surface area contributed by atoms with Crippen LogP contribution in [0.4, 0.5) is 0 Å². The summed E-state index contributed by atoms with van der Waals surface area (Å²) in [5, 5.41) is 3.42. The lowest BCUT2D eigenvalue weighted by Gasteiger charge is -2.39. The third-order valence-electron chi connectivity index (χ3n) is 4.53. The molecule has 3 unspecified atom stereocenters. The number of aromatic nitrogens is 1. The van der Waals surface area contributed by atoms with Crippen molar-refractivity contribution in [3.63, 3.8) is 0 Å². The molecule has 0 aliphatic carbocycles. The molecule has 0 aromatic carbocycles. The van der Waals surface area contributed by atoms with Crippen molar-refractivity contribution in [2.45, 2.75) is 32.1 Å². The molecule has 0 radical (unpaired) electrons. The lowest BCUT2D eigenvalue weighted by atomic mass is 10.1. The van der Waals surface area contributed by atoms with Crippen LogP contribution in [0.1, 0.15) is 25.5 Å². The predicted octanol–water partition coefficient (Wildman–Crippen LogP) is 0.664. The molecule has 1 amide bonds. The summed E-state index contributed by atoms with van der Waals surface area (Å²) in [5.74, 6) is 0.197. The van der Waals surface area contributed by atoms with E-state index >= 15 is 0 Å². The summed E-state index contributed by atoms with van der Waals surface area (Å²) in [6.07, 6.45) is 3.90. The van der Waals surface area contributed by atoms with E-state index in [0.29, 0.717) is 19.6 Å². The number of nitrogens with one attached hydrogen (secondary N) is 1. The molecule has 1 aromatic heterocycles. The number of carbonyl (C=O) groups excluding carboxylic acids is 1. The Hall–Kier alpha value is -1.50. The molecule has 6 heteroatoms. The van der Waals surface area contributed by atoms with Crippen molar-refractivity contribution in [2.24, 2.45) is 0 Å². The molecule has 3 rings (SSSR count). The summed E-state index contributed by atoms with van der Waals surface area (Å²) in [5.41, 5.74) is 1.16. The molecule has 3 atom stereocenters. The van der Waals surface area contributed by atoms with Crippen LogP contribution in [0.25, 0.3) is 0 Å². The van der Waals surface area contributed by atoms with Gasteiger partial charge in [0.05, 0.1) is 18.8 Å². The van der Waals surface area contributed by atoms with Crippen molar-refractivity contribution in [3.8, 4) is 0 Å². The van der Waals surface area contributed by atoms with Crippen LogP contribution in [-0.4, -0.2) is 72.2 Å². The van der Waals surface area contributed by atoms with E-state index in [1.165, 1.54) is 0 Å². The fourth-order valence-corrected chi connectivity index (χ4v) is 3.49. The fraction of sp³-hybridized carbons (Fsp3) is 0.647. The smallest absolute Gasteiger partial charge is 0.236 e. The number of rotatable bonds is 3. The number of hydrogen-bond acceptors (Lipinski definition) is 5. The van der Waals surface area contributed by atoms with E-state index in [4.69, 9.17) is 4.74 Å². The minimum atomic E-state index is 0.111. The van der Waals surface area contributed by atoms with Gasteiger partial charge in [0.1, 0.15) is 0 Å². The molecule has 2 fully saturated rings. The SMILES string of the molecule is CC1CN(C(=O)CN2CCNCC2c2cccnc2)CC(C)O1. The molecule has 3 heterocycles. The van der Waals surface area contributed by atoms with Crippen LogP contribution < -0.4 is 5.32 Å². The van der Waals surface area contributed by atoms with Gasteiger partial charge in [-0.3, -0.25) is 14.7 Å². The first-order chi connectivity index (χ1) is 11.1. The second kappa shape index (κ2) is 7.38. The van der Waals surface area contributed by atoms with Gasteiger partial charge in [0.2, 0.25) is 5.91 Å². The minimum absolute atomic E-state index is 0.111. The monoisotopic (exact) mass is 318 g/mol. The Labute approximate surface area is 137 Å². The summed E-state index contributed by atoms with van der Waals surface area (Å²) < 4.78 is 5.72. The van der Waals surface area contributed by atoms with Gasteiger partial charge in [0.25, 0.3) is 0 Å². The third-order valence-corrected chi connectivity index (χ3v) is 4.53. The van der Waals surface area contributed by atoms with Gasteiger partial charge in [-0.15, -0.1) is 0 Å². The zero-order valence-corrected chi connectivity index (χ0v) is 13.9. The van der Waals surface area contributed by atoms with E-state index in [2.05, 4.69) is 21.3 Å². The van der Waals surface area contributed by atoms with Gasteiger partial charge < -0.3 is 15.0 Å². The number of hydrogen-bond donors (Lipinski definition) is 1. The highest BCUT2D eigenvalue weighted by Gasteiger charge is 2.30. The maximum absolute atomic E-state index is 12.7. The van der Waals surface area contributed by atoms with Gasteiger partial charge in [0, 0.05) is 51.2 Å². The maximum atomic E-state index is 12.7. The first-order valence-corrected chi connectivity index (χ1v) is 8.41. The largest absolute Gasteiger partial charge is 0.372 e. The molecule has 2 aliphatic heterocycles. The lowest BCUT2D eigenvalue weighted by molar-refractivity contribution is -0.145. The molecule has 0 spiro atoms. The molecule has 6 nitrogen and oxygen atoms in total. The highest BCUT2D eigenvalue weighted by Crippen LogP contribution is 2.21. The summed E-state index contributed by atoms with van der Waals surface area (Å²) in [4.78, 5) is 21.2. The van der Waals surface area contributed by atoms with E-state index in [1.54, 1.807) is 6.20 Å². The Morgan fingerprint density at radius 3 is 2.87 bits per heavy atom. The van der Waals surface area contributed by atoms with Gasteiger partial charge in [-0.05, 0) is 25.5 Å². The third kappa shape index (κ3) is 4.07. The number of piperazine rings is 1. The molecular weight excluding hydrogens is 292 g/mol. The predicted molar refractivity (Wildman–Crippen MR) is 88.0 cm³/mol. The Balaban J connectivity index is 1.66. The maximum Gasteiger partial charge on any atom is 0.236 e.